The summed E-state index contributed by atoms with van der Waals surface area (Å²) in [6.07, 6.45) is 0. The fourth-order valence-electron chi connectivity index (χ4n) is 7.48. The van der Waals surface area contributed by atoms with Gasteiger partial charge in [-0.15, -0.1) is 0 Å². The van der Waals surface area contributed by atoms with Gasteiger partial charge in [0.25, 0.3) is 0 Å². The van der Waals surface area contributed by atoms with Crippen molar-refractivity contribution >= 4 is 32.3 Å². The fraction of sp³-hybridized carbons (Fsp3) is 0.0204. The first-order valence-corrected chi connectivity index (χ1v) is 17.1. The molecule has 0 amide bonds. The molecule has 1 nitrogen and oxygen atoms in total. The lowest BCUT2D eigenvalue weighted by Gasteiger charge is -2.19. The van der Waals surface area contributed by atoms with E-state index in [4.69, 9.17) is 4.74 Å². The van der Waals surface area contributed by atoms with Gasteiger partial charge in [0.2, 0.25) is 0 Å². The van der Waals surface area contributed by atoms with Gasteiger partial charge >= 0.3 is 0 Å². The molecule has 0 saturated heterocycles. The van der Waals surface area contributed by atoms with Crippen LogP contribution in [0.1, 0.15) is 0 Å². The normalized spacial score (nSPS) is 11.3. The largest absolute Gasteiger partial charge is 0.497 e. The van der Waals surface area contributed by atoms with E-state index in [1.54, 1.807) is 7.11 Å². The summed E-state index contributed by atoms with van der Waals surface area (Å²) in [5.41, 5.74) is 12.1. The molecule has 0 heterocycles. The molecule has 0 unspecified atom stereocenters. The van der Waals surface area contributed by atoms with Crippen LogP contribution in [-0.4, -0.2) is 7.11 Å². The molecule has 1 heteroatoms. The second-order valence-electron chi connectivity index (χ2n) is 12.9. The molecule has 9 rings (SSSR count). The van der Waals surface area contributed by atoms with Gasteiger partial charge in [0, 0.05) is 0 Å². The summed E-state index contributed by atoms with van der Waals surface area (Å²) >= 11 is 0. The number of hydrogen-bond donors (Lipinski definition) is 0. The molecule has 0 spiro atoms. The van der Waals surface area contributed by atoms with Crippen LogP contribution in [0.3, 0.4) is 0 Å². The zero-order valence-corrected chi connectivity index (χ0v) is 27.8. The molecule has 0 aromatic heterocycles. The first-order chi connectivity index (χ1) is 24.7. The van der Waals surface area contributed by atoms with Crippen molar-refractivity contribution in [3.63, 3.8) is 0 Å². The van der Waals surface area contributed by atoms with Gasteiger partial charge in [-0.2, -0.15) is 0 Å². The Morgan fingerprint density at radius 1 is 0.280 bits per heavy atom. The van der Waals surface area contributed by atoms with E-state index in [9.17, 15) is 0 Å². The third-order valence-electron chi connectivity index (χ3n) is 9.90. The molecule has 0 bridgehead atoms. The maximum atomic E-state index is 5.77. The summed E-state index contributed by atoms with van der Waals surface area (Å²) in [7, 11) is 1.74. The minimum absolute atomic E-state index is 0.853. The van der Waals surface area contributed by atoms with E-state index in [-0.39, 0.29) is 0 Å². The Labute approximate surface area is 292 Å². The highest BCUT2D eigenvalue weighted by Gasteiger charge is 2.18. The van der Waals surface area contributed by atoms with Crippen molar-refractivity contribution in [3.8, 4) is 61.4 Å². The van der Waals surface area contributed by atoms with Crippen LogP contribution in [-0.2, 0) is 0 Å². The van der Waals surface area contributed by atoms with Gasteiger partial charge in [0.15, 0.2) is 0 Å². The molecular weight excluding hydrogens is 605 g/mol. The molecule has 236 valence electrons. The average Bonchev–Trinajstić information content (AvgIpc) is 3.20. The van der Waals surface area contributed by atoms with Crippen molar-refractivity contribution in [2.45, 2.75) is 0 Å². The minimum atomic E-state index is 0.853. The topological polar surface area (TPSA) is 9.23 Å². The Balaban J connectivity index is 1.21. The molecule has 0 N–H and O–H groups in total. The first-order valence-electron chi connectivity index (χ1n) is 17.1. The van der Waals surface area contributed by atoms with E-state index in [0.29, 0.717) is 0 Å². The smallest absolute Gasteiger partial charge is 0.119 e. The van der Waals surface area contributed by atoms with Gasteiger partial charge in [-0.25, -0.2) is 0 Å². The third kappa shape index (κ3) is 5.30. The van der Waals surface area contributed by atoms with Crippen LogP contribution in [0.4, 0.5) is 0 Å². The summed E-state index contributed by atoms with van der Waals surface area (Å²) in [4.78, 5) is 0. The molecule has 0 saturated carbocycles. The zero-order chi connectivity index (χ0) is 33.4. The van der Waals surface area contributed by atoms with E-state index >= 15 is 0 Å². The highest BCUT2D eigenvalue weighted by atomic mass is 16.5. The molecule has 0 fully saturated rings. The van der Waals surface area contributed by atoms with Gasteiger partial charge in [0.1, 0.15) is 5.75 Å². The second kappa shape index (κ2) is 12.5. The molecule has 0 aliphatic carbocycles. The summed E-state index contributed by atoms with van der Waals surface area (Å²) in [5.74, 6) is 0.853. The molecule has 0 radical (unpaired) electrons. The molecule has 9 aromatic carbocycles. The van der Waals surface area contributed by atoms with Crippen LogP contribution >= 0.6 is 0 Å². The predicted molar refractivity (Wildman–Crippen MR) is 213 cm³/mol. The van der Waals surface area contributed by atoms with Crippen molar-refractivity contribution in [2.75, 3.05) is 7.11 Å². The Bertz CT molecular complexity index is 2600. The van der Waals surface area contributed by atoms with E-state index in [0.717, 1.165) is 5.75 Å². The molecule has 0 aliphatic rings. The Morgan fingerprint density at radius 3 is 1.28 bits per heavy atom. The predicted octanol–water partition coefficient (Wildman–Crippen LogP) is 13.5. The monoisotopic (exact) mass is 638 g/mol. The van der Waals surface area contributed by atoms with Gasteiger partial charge in [-0.3, -0.25) is 0 Å². The molecule has 0 aliphatic heterocycles. The van der Waals surface area contributed by atoms with Crippen LogP contribution in [0.2, 0.25) is 0 Å². The second-order valence-corrected chi connectivity index (χ2v) is 12.9. The summed E-state index contributed by atoms with van der Waals surface area (Å²) < 4.78 is 5.77. The molecule has 9 aromatic rings. The van der Waals surface area contributed by atoms with E-state index in [1.807, 2.05) is 0 Å². The maximum Gasteiger partial charge on any atom is 0.119 e. The summed E-state index contributed by atoms with van der Waals surface area (Å²) in [6, 6.07) is 68.0. The van der Waals surface area contributed by atoms with Gasteiger partial charge in [-0.05, 0) is 130 Å². The first kappa shape index (κ1) is 29.7. The number of rotatable bonds is 6. The molecular formula is C49H34O. The highest BCUT2D eigenvalue weighted by molar-refractivity contribution is 6.22. The molecule has 0 atom stereocenters. The summed E-state index contributed by atoms with van der Waals surface area (Å²) in [6.45, 7) is 0. The van der Waals surface area contributed by atoms with Crippen molar-refractivity contribution in [1.29, 1.82) is 0 Å². The Kier molecular flexibility index (Phi) is 7.44. The Hall–Kier alpha value is -6.44. The minimum Gasteiger partial charge on any atom is -0.497 e. The van der Waals surface area contributed by atoms with Gasteiger partial charge < -0.3 is 4.74 Å². The number of ether oxygens (including phenoxy) is 1. The average molecular weight is 639 g/mol. The number of fused-ring (bicyclic) bond motifs is 3. The SMILES string of the molecule is COc1ccc2c(-c3ccccc3)c3ccccc3c(-c3ccc4cc(-c5cc(-c6ccccc6)cc(-c6ccccc6)c5)ccc4c3)c2c1. The maximum absolute atomic E-state index is 5.77. The highest BCUT2D eigenvalue weighted by Crippen LogP contribution is 2.45. The number of benzene rings is 9. The standard InChI is InChI=1S/C49H34O/c1-50-43-25-26-46-47(32-43)49(45-20-12-11-19-44(45)48(46)35-17-9-4-10-18-35)39-24-23-36-27-38(22-21-37(36)28-39)42-30-40(33-13-5-2-6-14-33)29-41(31-42)34-15-7-3-8-16-34/h2-32H,1H3. The van der Waals surface area contributed by atoms with E-state index in [1.165, 1.54) is 88.0 Å². The Morgan fingerprint density at radius 2 is 0.720 bits per heavy atom. The lowest BCUT2D eigenvalue weighted by molar-refractivity contribution is 0.415. The third-order valence-corrected chi connectivity index (χ3v) is 9.90. The number of methoxy groups -OCH3 is 1. The van der Waals surface area contributed by atoms with Crippen molar-refractivity contribution in [3.05, 3.63) is 188 Å². The lowest BCUT2D eigenvalue weighted by Crippen LogP contribution is -1.92. The molecule has 50 heavy (non-hydrogen) atoms. The van der Waals surface area contributed by atoms with Crippen LogP contribution in [0.15, 0.2) is 188 Å². The van der Waals surface area contributed by atoms with Crippen LogP contribution in [0.5, 0.6) is 5.75 Å². The quantitative estimate of drug-likeness (QED) is 0.165. The van der Waals surface area contributed by atoms with Crippen molar-refractivity contribution in [1.82, 2.24) is 0 Å². The van der Waals surface area contributed by atoms with E-state index in [2.05, 4.69) is 188 Å². The van der Waals surface area contributed by atoms with Crippen LogP contribution in [0.25, 0.3) is 88.0 Å². The van der Waals surface area contributed by atoms with Gasteiger partial charge in [-0.1, -0.05) is 146 Å². The zero-order valence-electron chi connectivity index (χ0n) is 27.8. The van der Waals surface area contributed by atoms with Gasteiger partial charge in [0.05, 0.1) is 7.11 Å². The fourth-order valence-corrected chi connectivity index (χ4v) is 7.48. The van der Waals surface area contributed by atoms with Crippen LogP contribution in [0, 0.1) is 0 Å². The summed E-state index contributed by atoms with van der Waals surface area (Å²) in [5, 5.41) is 7.30. The van der Waals surface area contributed by atoms with Crippen molar-refractivity contribution < 1.29 is 4.74 Å². The lowest BCUT2D eigenvalue weighted by atomic mass is 9.85. The number of hydrogen-bond acceptors (Lipinski definition) is 1. The van der Waals surface area contributed by atoms with Crippen molar-refractivity contribution in [2.24, 2.45) is 0 Å². The van der Waals surface area contributed by atoms with E-state index < -0.39 is 0 Å². The van der Waals surface area contributed by atoms with Crippen LogP contribution < -0.4 is 4.74 Å².